The Morgan fingerprint density at radius 3 is 2.52 bits per heavy atom. The van der Waals surface area contributed by atoms with Crippen LogP contribution in [0.25, 0.3) is 0 Å². The first-order valence-corrected chi connectivity index (χ1v) is 11.0. The van der Waals surface area contributed by atoms with Gasteiger partial charge in [0.2, 0.25) is 15.6 Å². The zero-order valence-electron chi connectivity index (χ0n) is 16.4. The van der Waals surface area contributed by atoms with E-state index >= 15 is 0 Å². The summed E-state index contributed by atoms with van der Waals surface area (Å²) < 4.78 is 43.3. The van der Waals surface area contributed by atoms with Gasteiger partial charge in [-0.2, -0.15) is 4.31 Å². The molecule has 0 aliphatic carbocycles. The normalized spacial score (nSPS) is 21.0. The van der Waals surface area contributed by atoms with Gasteiger partial charge < -0.3 is 14.2 Å². The van der Waals surface area contributed by atoms with E-state index in [4.69, 9.17) is 14.2 Å². The quantitative estimate of drug-likeness (QED) is 0.672. The molecule has 0 N–H and O–H groups in total. The molecule has 2 aliphatic rings. The van der Waals surface area contributed by atoms with E-state index in [1.54, 1.807) is 56.3 Å². The standard InChI is InChI=1S/C21H23NO6S/c1-3-26-20(23)21(2)14-17-18(6-4-7-19(17)28-21)27-15-8-10-16(11-9-15)29(24,25)22-12-5-13-22/h4,6-11H,3,5,12-14H2,1-2H3. The highest BCUT2D eigenvalue weighted by Crippen LogP contribution is 2.42. The predicted octanol–water partition coefficient (Wildman–Crippen LogP) is 3.13. The molecule has 2 heterocycles. The van der Waals surface area contributed by atoms with Crippen molar-refractivity contribution in [2.75, 3.05) is 19.7 Å². The molecule has 154 valence electrons. The zero-order chi connectivity index (χ0) is 20.6. The summed E-state index contributed by atoms with van der Waals surface area (Å²) in [6.07, 6.45) is 1.23. The lowest BCUT2D eigenvalue weighted by atomic mass is 9.99. The average molecular weight is 417 g/mol. The molecule has 0 aromatic heterocycles. The molecule has 1 atom stereocenters. The van der Waals surface area contributed by atoms with Gasteiger partial charge in [-0.05, 0) is 56.7 Å². The molecule has 29 heavy (non-hydrogen) atoms. The minimum Gasteiger partial charge on any atom is -0.475 e. The lowest BCUT2D eigenvalue weighted by Gasteiger charge is -2.29. The van der Waals surface area contributed by atoms with Crippen LogP contribution in [0.15, 0.2) is 47.4 Å². The third-order valence-electron chi connectivity index (χ3n) is 5.15. The van der Waals surface area contributed by atoms with Gasteiger partial charge in [-0.3, -0.25) is 0 Å². The molecular formula is C21H23NO6S. The number of nitrogens with zero attached hydrogens (tertiary/aromatic N) is 1. The smallest absolute Gasteiger partial charge is 0.350 e. The topological polar surface area (TPSA) is 82.1 Å². The van der Waals surface area contributed by atoms with Crippen LogP contribution in [0.5, 0.6) is 17.2 Å². The number of fused-ring (bicyclic) bond motifs is 1. The van der Waals surface area contributed by atoms with Gasteiger partial charge in [0.15, 0.2) is 0 Å². The Kier molecular flexibility index (Phi) is 5.00. The molecule has 0 bridgehead atoms. The molecule has 2 aromatic carbocycles. The third kappa shape index (κ3) is 3.58. The maximum Gasteiger partial charge on any atom is 0.350 e. The van der Waals surface area contributed by atoms with Gasteiger partial charge in [0.05, 0.1) is 11.5 Å². The molecule has 0 radical (unpaired) electrons. The van der Waals surface area contributed by atoms with Crippen LogP contribution in [0.2, 0.25) is 0 Å². The van der Waals surface area contributed by atoms with Crippen LogP contribution in [0.4, 0.5) is 0 Å². The van der Waals surface area contributed by atoms with E-state index < -0.39 is 21.6 Å². The Bertz CT molecular complexity index is 1030. The number of carbonyl (C=O) groups is 1. The molecule has 2 aliphatic heterocycles. The fourth-order valence-corrected chi connectivity index (χ4v) is 4.93. The summed E-state index contributed by atoms with van der Waals surface area (Å²) in [5, 5.41) is 0. The fourth-order valence-electron chi connectivity index (χ4n) is 3.41. The van der Waals surface area contributed by atoms with Crippen LogP contribution in [0.1, 0.15) is 25.8 Å². The Labute approximate surface area is 170 Å². The Hall–Kier alpha value is -2.58. The second kappa shape index (κ2) is 7.35. The number of rotatable bonds is 6. The van der Waals surface area contributed by atoms with E-state index in [1.165, 1.54) is 4.31 Å². The molecule has 4 rings (SSSR count). The summed E-state index contributed by atoms with van der Waals surface area (Å²) in [5.74, 6) is 1.23. The van der Waals surface area contributed by atoms with Crippen LogP contribution < -0.4 is 9.47 Å². The van der Waals surface area contributed by atoms with Crippen molar-refractivity contribution < 1.29 is 27.4 Å². The highest BCUT2D eigenvalue weighted by Gasteiger charge is 2.44. The van der Waals surface area contributed by atoms with Crippen molar-refractivity contribution in [3.8, 4) is 17.2 Å². The number of benzene rings is 2. The van der Waals surface area contributed by atoms with Crippen molar-refractivity contribution in [2.45, 2.75) is 37.2 Å². The molecule has 7 nitrogen and oxygen atoms in total. The van der Waals surface area contributed by atoms with Gasteiger partial charge in [-0.25, -0.2) is 13.2 Å². The molecular weight excluding hydrogens is 394 g/mol. The maximum absolute atomic E-state index is 12.5. The van der Waals surface area contributed by atoms with Gasteiger partial charge in [0.1, 0.15) is 17.2 Å². The van der Waals surface area contributed by atoms with Crippen molar-refractivity contribution in [3.63, 3.8) is 0 Å². The summed E-state index contributed by atoms with van der Waals surface area (Å²) >= 11 is 0. The first-order valence-electron chi connectivity index (χ1n) is 9.60. The monoisotopic (exact) mass is 417 g/mol. The minimum atomic E-state index is -3.43. The first kappa shape index (κ1) is 19.7. The predicted molar refractivity (Wildman–Crippen MR) is 106 cm³/mol. The van der Waals surface area contributed by atoms with Crippen molar-refractivity contribution in [3.05, 3.63) is 48.0 Å². The Morgan fingerprint density at radius 1 is 1.17 bits per heavy atom. The zero-order valence-corrected chi connectivity index (χ0v) is 17.2. The fraction of sp³-hybridized carbons (Fsp3) is 0.381. The van der Waals surface area contributed by atoms with Gasteiger partial charge in [0, 0.05) is 25.1 Å². The number of hydrogen-bond acceptors (Lipinski definition) is 6. The minimum absolute atomic E-state index is 0.251. The molecule has 1 unspecified atom stereocenters. The molecule has 0 saturated carbocycles. The number of esters is 1. The summed E-state index contributed by atoms with van der Waals surface area (Å²) in [7, 11) is -3.43. The first-order chi connectivity index (χ1) is 13.8. The van der Waals surface area contributed by atoms with Gasteiger partial charge >= 0.3 is 5.97 Å². The average Bonchev–Trinajstić information content (AvgIpc) is 2.99. The number of ether oxygens (including phenoxy) is 3. The number of hydrogen-bond donors (Lipinski definition) is 0. The van der Waals surface area contributed by atoms with Crippen molar-refractivity contribution in [1.82, 2.24) is 4.31 Å². The van der Waals surface area contributed by atoms with E-state index in [1.807, 2.05) is 0 Å². The summed E-state index contributed by atoms with van der Waals surface area (Å²) in [4.78, 5) is 12.5. The lowest BCUT2D eigenvalue weighted by Crippen LogP contribution is -2.41. The lowest BCUT2D eigenvalue weighted by molar-refractivity contribution is -0.158. The second-order valence-electron chi connectivity index (χ2n) is 7.29. The third-order valence-corrected chi connectivity index (χ3v) is 7.06. The van der Waals surface area contributed by atoms with E-state index in [2.05, 4.69) is 0 Å². The molecule has 2 aromatic rings. The Balaban J connectivity index is 1.54. The Morgan fingerprint density at radius 2 is 1.90 bits per heavy atom. The van der Waals surface area contributed by atoms with Crippen molar-refractivity contribution >= 4 is 16.0 Å². The van der Waals surface area contributed by atoms with E-state index in [9.17, 15) is 13.2 Å². The van der Waals surface area contributed by atoms with Crippen LogP contribution in [-0.4, -0.2) is 44.0 Å². The van der Waals surface area contributed by atoms with Crippen LogP contribution in [0, 0.1) is 0 Å². The summed E-state index contributed by atoms with van der Waals surface area (Å²) in [5.41, 5.74) is -0.312. The number of sulfonamides is 1. The van der Waals surface area contributed by atoms with Gasteiger partial charge in [-0.15, -0.1) is 0 Å². The van der Waals surface area contributed by atoms with Crippen LogP contribution in [0.3, 0.4) is 0 Å². The largest absolute Gasteiger partial charge is 0.475 e. The van der Waals surface area contributed by atoms with E-state index in [0.717, 1.165) is 12.0 Å². The van der Waals surface area contributed by atoms with Crippen LogP contribution in [-0.2, 0) is 26.0 Å². The SMILES string of the molecule is CCOC(=O)C1(C)Cc2c(Oc3ccc(S(=O)(=O)N4CCC4)cc3)cccc2O1. The highest BCUT2D eigenvalue weighted by molar-refractivity contribution is 7.89. The molecule has 1 fully saturated rings. The second-order valence-corrected chi connectivity index (χ2v) is 9.23. The van der Waals surface area contributed by atoms with Crippen LogP contribution >= 0.6 is 0 Å². The number of carbonyl (C=O) groups excluding carboxylic acids is 1. The van der Waals surface area contributed by atoms with E-state index in [-0.39, 0.29) is 11.5 Å². The molecule has 1 saturated heterocycles. The molecule has 0 amide bonds. The van der Waals surface area contributed by atoms with Crippen molar-refractivity contribution in [1.29, 1.82) is 0 Å². The van der Waals surface area contributed by atoms with Crippen molar-refractivity contribution in [2.24, 2.45) is 0 Å². The summed E-state index contributed by atoms with van der Waals surface area (Å²) in [6, 6.07) is 11.7. The summed E-state index contributed by atoms with van der Waals surface area (Å²) in [6.45, 7) is 4.87. The molecule has 0 spiro atoms. The maximum atomic E-state index is 12.5. The molecule has 8 heteroatoms. The van der Waals surface area contributed by atoms with Gasteiger partial charge in [0.25, 0.3) is 0 Å². The van der Waals surface area contributed by atoms with Gasteiger partial charge in [-0.1, -0.05) is 6.07 Å². The van der Waals surface area contributed by atoms with E-state index in [0.29, 0.717) is 36.8 Å². The highest BCUT2D eigenvalue weighted by atomic mass is 32.2.